The molecule has 0 spiro atoms. The van der Waals surface area contributed by atoms with Crippen LogP contribution < -0.4 is 10.6 Å². The number of amides is 1. The molecule has 2 fully saturated rings. The largest absolute Gasteiger partial charge is 0.360 e. The van der Waals surface area contributed by atoms with E-state index in [9.17, 15) is 25.0 Å². The Labute approximate surface area is 153 Å². The molecular weight excluding hydrogens is 358 g/mol. The number of carbonyl (C=O) groups is 1. The molecule has 27 heavy (non-hydrogen) atoms. The Balaban J connectivity index is 1.68. The maximum Gasteiger partial charge on any atom is 0.318 e. The number of rotatable bonds is 5. The molecule has 3 atom stereocenters. The molecule has 0 aliphatic carbocycles. The molecule has 12 heteroatoms. The van der Waals surface area contributed by atoms with E-state index in [1.54, 1.807) is 4.90 Å². The van der Waals surface area contributed by atoms with Crippen molar-refractivity contribution in [3.05, 3.63) is 32.5 Å². The van der Waals surface area contributed by atoms with Gasteiger partial charge in [-0.05, 0) is 19.3 Å². The number of nitriles is 1. The third-order valence-corrected chi connectivity index (χ3v) is 4.72. The van der Waals surface area contributed by atoms with Crippen molar-refractivity contribution in [1.29, 1.82) is 5.26 Å². The van der Waals surface area contributed by atoms with Crippen LogP contribution in [-0.2, 0) is 4.79 Å². The van der Waals surface area contributed by atoms with Crippen LogP contribution in [0.5, 0.6) is 0 Å². The highest BCUT2D eigenvalue weighted by Crippen LogP contribution is 2.28. The number of nitro groups is 2. The van der Waals surface area contributed by atoms with Gasteiger partial charge in [0, 0.05) is 19.1 Å². The van der Waals surface area contributed by atoms with Crippen LogP contribution in [0, 0.1) is 31.6 Å². The number of hydrogen-bond acceptors (Lipinski definition) is 9. The van der Waals surface area contributed by atoms with Gasteiger partial charge >= 0.3 is 5.69 Å². The van der Waals surface area contributed by atoms with E-state index >= 15 is 0 Å². The molecule has 2 aliphatic rings. The lowest BCUT2D eigenvalue weighted by Crippen LogP contribution is -2.45. The number of nitrogens with zero attached hydrogens (tertiary/aromatic N) is 5. The Morgan fingerprint density at radius 1 is 1.41 bits per heavy atom. The van der Waals surface area contributed by atoms with Gasteiger partial charge in [0.1, 0.15) is 12.2 Å². The van der Waals surface area contributed by atoms with Crippen molar-refractivity contribution in [2.24, 2.45) is 0 Å². The zero-order valence-electron chi connectivity index (χ0n) is 14.2. The van der Waals surface area contributed by atoms with Gasteiger partial charge in [0.15, 0.2) is 0 Å². The van der Waals surface area contributed by atoms with Crippen molar-refractivity contribution < 1.29 is 14.6 Å². The third-order valence-electron chi connectivity index (χ3n) is 4.72. The van der Waals surface area contributed by atoms with Crippen LogP contribution in [0.15, 0.2) is 12.3 Å². The van der Waals surface area contributed by atoms with Crippen molar-refractivity contribution >= 4 is 23.1 Å². The molecule has 0 bridgehead atoms. The van der Waals surface area contributed by atoms with Gasteiger partial charge in [-0.2, -0.15) is 5.26 Å². The van der Waals surface area contributed by atoms with Gasteiger partial charge in [0.2, 0.25) is 11.7 Å². The number of carbonyl (C=O) groups excluding carboxylic acids is 1. The van der Waals surface area contributed by atoms with E-state index in [0.29, 0.717) is 25.9 Å². The summed E-state index contributed by atoms with van der Waals surface area (Å²) in [6.07, 6.45) is 2.76. The van der Waals surface area contributed by atoms with E-state index in [2.05, 4.69) is 21.7 Å². The number of aromatic nitrogens is 1. The van der Waals surface area contributed by atoms with Gasteiger partial charge in [-0.25, -0.2) is 4.98 Å². The van der Waals surface area contributed by atoms with E-state index < -0.39 is 33.3 Å². The molecule has 12 nitrogen and oxygen atoms in total. The van der Waals surface area contributed by atoms with Crippen LogP contribution in [0.1, 0.15) is 19.3 Å². The SMILES string of the molecule is N#C[C@@H]1CCCN1C(=O)[C@@H]1C[C@H](Nc2ncc([N+](=O)[O-])cc2[N+](=O)[O-])CN1. The van der Waals surface area contributed by atoms with Crippen LogP contribution in [-0.4, -0.2) is 56.9 Å². The summed E-state index contributed by atoms with van der Waals surface area (Å²) in [5, 5.41) is 37.0. The third kappa shape index (κ3) is 3.77. The Morgan fingerprint density at radius 2 is 2.19 bits per heavy atom. The standard InChI is InChI=1S/C15H17N7O5/c16-6-10-2-1-3-20(10)15(23)12-4-9(7-17-12)19-14-13(22(26)27)5-11(8-18-14)21(24)25/h5,8-10,12,17H,1-4,7H2,(H,18,19)/t9-,10-,12-/m0/s1. The predicted octanol–water partition coefficient (Wildman–Crippen LogP) is 0.555. The average Bonchev–Trinajstić information content (AvgIpc) is 3.30. The van der Waals surface area contributed by atoms with Gasteiger partial charge in [-0.15, -0.1) is 0 Å². The fraction of sp³-hybridized carbons (Fsp3) is 0.533. The highest BCUT2D eigenvalue weighted by Gasteiger charge is 2.37. The lowest BCUT2D eigenvalue weighted by atomic mass is 10.1. The van der Waals surface area contributed by atoms with Crippen LogP contribution >= 0.6 is 0 Å². The molecular formula is C15H17N7O5. The summed E-state index contributed by atoms with van der Waals surface area (Å²) < 4.78 is 0. The van der Waals surface area contributed by atoms with E-state index in [0.717, 1.165) is 18.7 Å². The molecule has 0 saturated carbocycles. The lowest BCUT2D eigenvalue weighted by Gasteiger charge is -2.23. The first-order chi connectivity index (χ1) is 12.9. The Bertz CT molecular complexity index is 823. The second kappa shape index (κ2) is 7.50. The van der Waals surface area contributed by atoms with Crippen LogP contribution in [0.3, 0.4) is 0 Å². The number of anilines is 1. The van der Waals surface area contributed by atoms with Crippen molar-refractivity contribution in [2.45, 2.75) is 37.4 Å². The summed E-state index contributed by atoms with van der Waals surface area (Å²) in [6.45, 7) is 0.917. The summed E-state index contributed by atoms with van der Waals surface area (Å²) in [7, 11) is 0. The normalized spacial score (nSPS) is 24.4. The van der Waals surface area contributed by atoms with E-state index in [-0.39, 0.29) is 17.8 Å². The zero-order chi connectivity index (χ0) is 19.6. The molecule has 1 aromatic rings. The number of hydrogen-bond donors (Lipinski definition) is 2. The monoisotopic (exact) mass is 375 g/mol. The highest BCUT2D eigenvalue weighted by molar-refractivity contribution is 5.83. The molecule has 1 amide bonds. The lowest BCUT2D eigenvalue weighted by molar-refractivity contribution is -0.394. The van der Waals surface area contributed by atoms with Crippen LogP contribution in [0.2, 0.25) is 0 Å². The summed E-state index contributed by atoms with van der Waals surface area (Å²) in [5.41, 5.74) is -0.968. The Kier molecular flexibility index (Phi) is 5.13. The molecule has 0 radical (unpaired) electrons. The van der Waals surface area contributed by atoms with E-state index in [4.69, 9.17) is 5.26 Å². The Morgan fingerprint density at radius 3 is 2.85 bits per heavy atom. The molecule has 2 N–H and O–H groups in total. The van der Waals surface area contributed by atoms with Gasteiger partial charge in [0.25, 0.3) is 5.69 Å². The number of nitrogens with one attached hydrogen (secondary N) is 2. The van der Waals surface area contributed by atoms with E-state index in [1.807, 2.05) is 0 Å². The van der Waals surface area contributed by atoms with Gasteiger partial charge in [0.05, 0.1) is 28.0 Å². The first-order valence-corrected chi connectivity index (χ1v) is 8.39. The fourth-order valence-electron chi connectivity index (χ4n) is 3.38. The highest BCUT2D eigenvalue weighted by atomic mass is 16.6. The van der Waals surface area contributed by atoms with Crippen LogP contribution in [0.4, 0.5) is 17.2 Å². The molecule has 0 unspecified atom stereocenters. The quantitative estimate of drug-likeness (QED) is 0.551. The first kappa shape index (κ1) is 18.5. The minimum atomic E-state index is -0.753. The van der Waals surface area contributed by atoms with Crippen molar-refractivity contribution in [2.75, 3.05) is 18.4 Å². The molecule has 142 valence electrons. The van der Waals surface area contributed by atoms with Crippen LogP contribution in [0.25, 0.3) is 0 Å². The van der Waals surface area contributed by atoms with Crippen molar-refractivity contribution in [3.63, 3.8) is 0 Å². The average molecular weight is 375 g/mol. The molecule has 2 aliphatic heterocycles. The van der Waals surface area contributed by atoms with Gasteiger partial charge in [-0.3, -0.25) is 25.0 Å². The summed E-state index contributed by atoms with van der Waals surface area (Å²) in [5.74, 6) is -0.240. The minimum Gasteiger partial charge on any atom is -0.360 e. The number of likely N-dealkylation sites (tertiary alicyclic amines) is 1. The summed E-state index contributed by atoms with van der Waals surface area (Å²) >= 11 is 0. The van der Waals surface area contributed by atoms with E-state index in [1.165, 1.54) is 0 Å². The second-order valence-electron chi connectivity index (χ2n) is 6.43. The molecule has 3 rings (SSSR count). The minimum absolute atomic E-state index is 0.0819. The molecule has 1 aromatic heterocycles. The number of pyridine rings is 1. The molecule has 0 aromatic carbocycles. The Hall–Kier alpha value is -3.33. The maximum absolute atomic E-state index is 12.6. The van der Waals surface area contributed by atoms with Crippen molar-refractivity contribution in [3.8, 4) is 6.07 Å². The molecule has 3 heterocycles. The maximum atomic E-state index is 12.6. The van der Waals surface area contributed by atoms with Gasteiger partial charge < -0.3 is 15.5 Å². The molecule has 2 saturated heterocycles. The van der Waals surface area contributed by atoms with Crippen molar-refractivity contribution in [1.82, 2.24) is 15.2 Å². The summed E-state index contributed by atoms with van der Waals surface area (Å²) in [6, 6.07) is 1.76. The topological polar surface area (TPSA) is 167 Å². The van der Waals surface area contributed by atoms with Gasteiger partial charge in [-0.1, -0.05) is 0 Å². The predicted molar refractivity (Wildman–Crippen MR) is 91.7 cm³/mol. The zero-order valence-corrected chi connectivity index (χ0v) is 14.2. The smallest absolute Gasteiger partial charge is 0.318 e. The summed E-state index contributed by atoms with van der Waals surface area (Å²) in [4.78, 5) is 38.4. The second-order valence-corrected chi connectivity index (χ2v) is 6.43. The fourth-order valence-corrected chi connectivity index (χ4v) is 3.38. The first-order valence-electron chi connectivity index (χ1n) is 8.39.